The van der Waals surface area contributed by atoms with E-state index in [-0.39, 0.29) is 5.56 Å². The van der Waals surface area contributed by atoms with Crippen molar-refractivity contribution in [3.8, 4) is 11.5 Å². The highest BCUT2D eigenvalue weighted by Crippen LogP contribution is 2.27. The lowest BCUT2D eigenvalue weighted by atomic mass is 10.1. The average molecular weight is 328 g/mol. The fourth-order valence-electron chi connectivity index (χ4n) is 1.92. The third-order valence-electron chi connectivity index (χ3n) is 3.18. The Morgan fingerprint density at radius 3 is 2.21 bits per heavy atom. The zero-order valence-corrected chi connectivity index (χ0v) is 13.1. The maximum atomic E-state index is 12.0. The number of hydrazone groups is 1. The number of benzene rings is 2. The maximum absolute atomic E-state index is 12.0. The fraction of sp³-hybridized carbons (Fsp3) is 0.118. The van der Waals surface area contributed by atoms with Crippen molar-refractivity contribution in [3.63, 3.8) is 0 Å². The third-order valence-corrected chi connectivity index (χ3v) is 3.18. The predicted molar refractivity (Wildman–Crippen MR) is 88.0 cm³/mol. The minimum Gasteiger partial charge on any atom is -0.493 e. The van der Waals surface area contributed by atoms with Crippen LogP contribution < -0.4 is 14.9 Å². The first kappa shape index (κ1) is 17.0. The minimum atomic E-state index is -1.000. The average Bonchev–Trinajstić information content (AvgIpc) is 2.61. The standard InChI is InChI=1S/C17H16N2O5/c1-23-14-8-7-13(9-15(14)24-2)16(20)19-18-10-11-3-5-12(6-4-11)17(21)22/h3-10H,1-2H3,(H,19,20)(H,21,22). The van der Waals surface area contributed by atoms with E-state index < -0.39 is 11.9 Å². The number of amides is 1. The molecule has 0 aliphatic carbocycles. The van der Waals surface area contributed by atoms with Crippen LogP contribution in [0.15, 0.2) is 47.6 Å². The van der Waals surface area contributed by atoms with Gasteiger partial charge in [0, 0.05) is 5.56 Å². The van der Waals surface area contributed by atoms with E-state index in [9.17, 15) is 9.59 Å². The lowest BCUT2D eigenvalue weighted by Gasteiger charge is -2.08. The summed E-state index contributed by atoms with van der Waals surface area (Å²) >= 11 is 0. The molecule has 0 atom stereocenters. The van der Waals surface area contributed by atoms with Crippen LogP contribution in [0.2, 0.25) is 0 Å². The van der Waals surface area contributed by atoms with Crippen LogP contribution in [0.25, 0.3) is 0 Å². The molecule has 0 saturated heterocycles. The van der Waals surface area contributed by atoms with Gasteiger partial charge in [-0.2, -0.15) is 5.10 Å². The zero-order valence-electron chi connectivity index (χ0n) is 13.1. The van der Waals surface area contributed by atoms with Crippen LogP contribution >= 0.6 is 0 Å². The zero-order chi connectivity index (χ0) is 17.5. The van der Waals surface area contributed by atoms with E-state index in [1.807, 2.05) is 0 Å². The second kappa shape index (κ2) is 7.77. The van der Waals surface area contributed by atoms with Gasteiger partial charge in [0.1, 0.15) is 0 Å². The summed E-state index contributed by atoms with van der Waals surface area (Å²) in [6, 6.07) is 10.9. The number of carbonyl (C=O) groups excluding carboxylic acids is 1. The molecule has 0 saturated carbocycles. The van der Waals surface area contributed by atoms with E-state index in [2.05, 4.69) is 10.5 Å². The van der Waals surface area contributed by atoms with Crippen molar-refractivity contribution in [1.82, 2.24) is 5.43 Å². The molecule has 2 aromatic carbocycles. The molecule has 7 nitrogen and oxygen atoms in total. The lowest BCUT2D eigenvalue weighted by molar-refractivity contribution is 0.0696. The molecule has 0 heterocycles. The number of hydrogen-bond donors (Lipinski definition) is 2. The Bertz CT molecular complexity index is 769. The van der Waals surface area contributed by atoms with Gasteiger partial charge in [0.2, 0.25) is 0 Å². The van der Waals surface area contributed by atoms with E-state index >= 15 is 0 Å². The predicted octanol–water partition coefficient (Wildman–Crippen LogP) is 2.17. The van der Waals surface area contributed by atoms with Gasteiger partial charge in [-0.1, -0.05) is 12.1 Å². The van der Waals surface area contributed by atoms with E-state index in [1.54, 1.807) is 30.3 Å². The Kier molecular flexibility index (Phi) is 5.51. The lowest BCUT2D eigenvalue weighted by Crippen LogP contribution is -2.17. The van der Waals surface area contributed by atoms with Crippen molar-refractivity contribution in [2.75, 3.05) is 14.2 Å². The fourth-order valence-corrected chi connectivity index (χ4v) is 1.92. The van der Waals surface area contributed by atoms with Gasteiger partial charge in [-0.05, 0) is 35.9 Å². The molecule has 0 spiro atoms. The summed E-state index contributed by atoms with van der Waals surface area (Å²) in [5, 5.41) is 12.7. The number of nitrogens with one attached hydrogen (secondary N) is 1. The van der Waals surface area contributed by atoms with Crippen LogP contribution in [0, 0.1) is 0 Å². The van der Waals surface area contributed by atoms with Gasteiger partial charge in [0.05, 0.1) is 26.0 Å². The third kappa shape index (κ3) is 4.10. The molecule has 2 N–H and O–H groups in total. The molecule has 2 aromatic rings. The summed E-state index contributed by atoms with van der Waals surface area (Å²) in [5.41, 5.74) is 3.60. The SMILES string of the molecule is COc1ccc(C(=O)NN=Cc2ccc(C(=O)O)cc2)cc1OC. The molecular formula is C17H16N2O5. The van der Waals surface area contributed by atoms with E-state index in [0.717, 1.165) is 0 Å². The van der Waals surface area contributed by atoms with Crippen LogP contribution in [0.1, 0.15) is 26.3 Å². The summed E-state index contributed by atoms with van der Waals surface area (Å²) in [5.74, 6) is -0.441. The maximum Gasteiger partial charge on any atom is 0.335 e. The van der Waals surface area contributed by atoms with Crippen molar-refractivity contribution in [3.05, 3.63) is 59.2 Å². The highest BCUT2D eigenvalue weighted by Gasteiger charge is 2.10. The Labute approximate surface area is 138 Å². The summed E-state index contributed by atoms with van der Waals surface area (Å²) in [6.45, 7) is 0. The molecule has 0 unspecified atom stereocenters. The number of carboxylic acids is 1. The molecule has 1 amide bonds. The Hall–Kier alpha value is -3.35. The minimum absolute atomic E-state index is 0.182. The number of rotatable bonds is 6. The summed E-state index contributed by atoms with van der Waals surface area (Å²) < 4.78 is 10.2. The Balaban J connectivity index is 2.03. The van der Waals surface area contributed by atoms with E-state index in [1.165, 1.54) is 32.6 Å². The van der Waals surface area contributed by atoms with Gasteiger partial charge >= 0.3 is 5.97 Å². The molecule has 124 valence electrons. The molecular weight excluding hydrogens is 312 g/mol. The molecule has 0 fully saturated rings. The number of ether oxygens (including phenoxy) is 2. The molecule has 7 heteroatoms. The molecule has 0 bridgehead atoms. The van der Waals surface area contributed by atoms with Crippen LogP contribution in [-0.2, 0) is 0 Å². The van der Waals surface area contributed by atoms with Crippen molar-refractivity contribution >= 4 is 18.1 Å². The highest BCUT2D eigenvalue weighted by molar-refractivity contribution is 5.95. The second-order valence-corrected chi connectivity index (χ2v) is 4.70. The monoisotopic (exact) mass is 328 g/mol. The first-order valence-electron chi connectivity index (χ1n) is 6.94. The number of carboxylic acid groups (broad SMARTS) is 1. The van der Waals surface area contributed by atoms with Crippen LogP contribution in [0.5, 0.6) is 11.5 Å². The first-order valence-corrected chi connectivity index (χ1v) is 6.94. The summed E-state index contributed by atoms with van der Waals surface area (Å²) in [7, 11) is 3.00. The van der Waals surface area contributed by atoms with Crippen LogP contribution in [-0.4, -0.2) is 37.4 Å². The first-order chi connectivity index (χ1) is 11.5. The van der Waals surface area contributed by atoms with Gasteiger partial charge in [0.25, 0.3) is 5.91 Å². The number of carbonyl (C=O) groups is 2. The number of hydrogen-bond acceptors (Lipinski definition) is 5. The molecule has 0 aliphatic heterocycles. The van der Waals surface area contributed by atoms with E-state index in [4.69, 9.17) is 14.6 Å². The van der Waals surface area contributed by atoms with Gasteiger partial charge in [0.15, 0.2) is 11.5 Å². The molecule has 0 aliphatic rings. The normalized spacial score (nSPS) is 10.4. The second-order valence-electron chi connectivity index (χ2n) is 4.70. The van der Waals surface area contributed by atoms with Gasteiger partial charge in [-0.3, -0.25) is 4.79 Å². The summed E-state index contributed by atoms with van der Waals surface area (Å²) in [6.07, 6.45) is 1.42. The quantitative estimate of drug-likeness (QED) is 0.625. The number of aromatic carboxylic acids is 1. The van der Waals surface area contributed by atoms with Crippen LogP contribution in [0.3, 0.4) is 0 Å². The van der Waals surface area contributed by atoms with E-state index in [0.29, 0.717) is 22.6 Å². The molecule has 0 radical (unpaired) electrons. The number of nitrogens with zero attached hydrogens (tertiary/aromatic N) is 1. The number of methoxy groups -OCH3 is 2. The van der Waals surface area contributed by atoms with Gasteiger partial charge in [-0.15, -0.1) is 0 Å². The Morgan fingerprint density at radius 2 is 1.62 bits per heavy atom. The molecule has 2 rings (SSSR count). The van der Waals surface area contributed by atoms with Crippen molar-refractivity contribution in [2.45, 2.75) is 0 Å². The molecule has 24 heavy (non-hydrogen) atoms. The topological polar surface area (TPSA) is 97.2 Å². The largest absolute Gasteiger partial charge is 0.493 e. The van der Waals surface area contributed by atoms with Crippen molar-refractivity contribution in [1.29, 1.82) is 0 Å². The van der Waals surface area contributed by atoms with Crippen LogP contribution in [0.4, 0.5) is 0 Å². The summed E-state index contributed by atoms with van der Waals surface area (Å²) in [4.78, 5) is 22.8. The highest BCUT2D eigenvalue weighted by atomic mass is 16.5. The van der Waals surface area contributed by atoms with Crippen molar-refractivity contribution in [2.24, 2.45) is 5.10 Å². The molecule has 0 aromatic heterocycles. The Morgan fingerprint density at radius 1 is 1.00 bits per heavy atom. The smallest absolute Gasteiger partial charge is 0.335 e. The van der Waals surface area contributed by atoms with Gasteiger partial charge < -0.3 is 14.6 Å². The van der Waals surface area contributed by atoms with Gasteiger partial charge in [-0.25, -0.2) is 10.2 Å². The van der Waals surface area contributed by atoms with Crippen molar-refractivity contribution < 1.29 is 24.2 Å².